The van der Waals surface area contributed by atoms with Crippen molar-refractivity contribution in [3.63, 3.8) is 0 Å². The smallest absolute Gasteiger partial charge is 0.231 e. The van der Waals surface area contributed by atoms with Crippen molar-refractivity contribution in [2.75, 3.05) is 5.32 Å². The molecule has 3 aromatic carbocycles. The van der Waals surface area contributed by atoms with Gasteiger partial charge in [0.2, 0.25) is 5.91 Å². The predicted molar refractivity (Wildman–Crippen MR) is 104 cm³/mol. The number of carbonyl (C=O) groups is 1. The minimum atomic E-state index is -0.254. The topological polar surface area (TPSA) is 29.1 Å². The molecule has 0 heterocycles. The first-order valence-corrected chi connectivity index (χ1v) is 8.42. The van der Waals surface area contributed by atoms with Crippen LogP contribution in [0.25, 0.3) is 5.57 Å². The minimum Gasteiger partial charge on any atom is -0.326 e. The second kappa shape index (κ2) is 8.11. The van der Waals surface area contributed by atoms with Gasteiger partial charge in [-0.25, -0.2) is 0 Å². The molecule has 2 heteroatoms. The fourth-order valence-electron chi connectivity index (χ4n) is 2.70. The summed E-state index contributed by atoms with van der Waals surface area (Å²) in [5.74, 6) is -0.272. The molecule has 0 saturated carbocycles. The first-order valence-electron chi connectivity index (χ1n) is 8.42. The summed E-state index contributed by atoms with van der Waals surface area (Å²) < 4.78 is 0. The van der Waals surface area contributed by atoms with Crippen molar-refractivity contribution in [2.24, 2.45) is 5.92 Å². The molecule has 3 aromatic rings. The molecule has 1 amide bonds. The molecule has 1 N–H and O–H groups in total. The van der Waals surface area contributed by atoms with Gasteiger partial charge >= 0.3 is 0 Å². The van der Waals surface area contributed by atoms with Crippen molar-refractivity contribution in [3.8, 4) is 0 Å². The number of amides is 1. The van der Waals surface area contributed by atoms with Crippen molar-refractivity contribution in [1.29, 1.82) is 0 Å². The van der Waals surface area contributed by atoms with Crippen LogP contribution in [0.1, 0.15) is 18.1 Å². The van der Waals surface area contributed by atoms with E-state index in [1.54, 1.807) is 0 Å². The van der Waals surface area contributed by atoms with E-state index < -0.39 is 0 Å². The Hall–Kier alpha value is -3.13. The van der Waals surface area contributed by atoms with E-state index in [-0.39, 0.29) is 11.8 Å². The van der Waals surface area contributed by atoms with Crippen molar-refractivity contribution in [3.05, 3.63) is 108 Å². The second-order valence-corrected chi connectivity index (χ2v) is 5.96. The van der Waals surface area contributed by atoms with Gasteiger partial charge in [-0.15, -0.1) is 0 Å². The molecule has 25 heavy (non-hydrogen) atoms. The molecule has 0 aliphatic carbocycles. The maximum absolute atomic E-state index is 12.6. The van der Waals surface area contributed by atoms with E-state index in [1.165, 1.54) is 0 Å². The van der Waals surface area contributed by atoms with E-state index in [0.717, 1.165) is 22.4 Å². The number of para-hydroxylation sites is 1. The number of anilines is 1. The molecule has 0 radical (unpaired) electrons. The summed E-state index contributed by atoms with van der Waals surface area (Å²) >= 11 is 0. The Balaban J connectivity index is 1.89. The van der Waals surface area contributed by atoms with E-state index >= 15 is 0 Å². The molecule has 3 rings (SSSR count). The lowest BCUT2D eigenvalue weighted by Gasteiger charge is -2.13. The largest absolute Gasteiger partial charge is 0.326 e. The van der Waals surface area contributed by atoms with Gasteiger partial charge in [-0.3, -0.25) is 4.79 Å². The SMILES string of the molecule is CC(C=C(c1ccccc1)c1ccccc1)C(=O)Nc1ccccc1. The van der Waals surface area contributed by atoms with Crippen LogP contribution < -0.4 is 5.32 Å². The molecule has 2 nitrogen and oxygen atoms in total. The van der Waals surface area contributed by atoms with E-state index in [1.807, 2.05) is 79.7 Å². The highest BCUT2D eigenvalue weighted by Gasteiger charge is 2.13. The number of hydrogen-bond acceptors (Lipinski definition) is 1. The van der Waals surface area contributed by atoms with Gasteiger partial charge in [0.25, 0.3) is 0 Å². The molecule has 0 spiro atoms. The Morgan fingerprint density at radius 3 is 1.68 bits per heavy atom. The van der Waals surface area contributed by atoms with E-state index in [0.29, 0.717) is 0 Å². The summed E-state index contributed by atoms with van der Waals surface area (Å²) in [6.45, 7) is 1.92. The third-order valence-corrected chi connectivity index (χ3v) is 4.04. The molecule has 0 aliphatic rings. The normalized spacial score (nSPS) is 11.4. The highest BCUT2D eigenvalue weighted by atomic mass is 16.1. The Kier molecular flexibility index (Phi) is 5.43. The molecule has 0 aromatic heterocycles. The monoisotopic (exact) mass is 327 g/mol. The zero-order chi connectivity index (χ0) is 17.5. The van der Waals surface area contributed by atoms with Gasteiger partial charge in [-0.05, 0) is 28.8 Å². The molecule has 0 bridgehead atoms. The summed E-state index contributed by atoms with van der Waals surface area (Å²) in [6, 6.07) is 29.9. The summed E-state index contributed by atoms with van der Waals surface area (Å²) in [7, 11) is 0. The average molecular weight is 327 g/mol. The lowest BCUT2D eigenvalue weighted by atomic mass is 9.94. The highest BCUT2D eigenvalue weighted by Crippen LogP contribution is 2.25. The van der Waals surface area contributed by atoms with Crippen LogP contribution in [0.3, 0.4) is 0 Å². The van der Waals surface area contributed by atoms with Gasteiger partial charge in [0.15, 0.2) is 0 Å². The molecule has 1 unspecified atom stereocenters. The Morgan fingerprint density at radius 2 is 1.20 bits per heavy atom. The first-order chi connectivity index (χ1) is 12.2. The summed E-state index contributed by atoms with van der Waals surface area (Å²) in [5.41, 5.74) is 4.09. The van der Waals surface area contributed by atoms with Crippen LogP contribution in [-0.4, -0.2) is 5.91 Å². The summed E-state index contributed by atoms with van der Waals surface area (Å²) in [6.07, 6.45) is 2.03. The molecule has 124 valence electrons. The van der Waals surface area contributed by atoms with Crippen LogP contribution in [0.2, 0.25) is 0 Å². The van der Waals surface area contributed by atoms with Crippen LogP contribution in [0.4, 0.5) is 5.69 Å². The Bertz CT molecular complexity index is 798. The zero-order valence-electron chi connectivity index (χ0n) is 14.2. The van der Waals surface area contributed by atoms with E-state index in [9.17, 15) is 4.79 Å². The molecular weight excluding hydrogens is 306 g/mol. The van der Waals surface area contributed by atoms with Crippen molar-refractivity contribution in [2.45, 2.75) is 6.92 Å². The third kappa shape index (κ3) is 4.45. The van der Waals surface area contributed by atoms with Crippen LogP contribution in [0.5, 0.6) is 0 Å². The molecule has 0 saturated heterocycles. The average Bonchev–Trinajstić information content (AvgIpc) is 2.68. The highest BCUT2D eigenvalue weighted by molar-refractivity contribution is 5.95. The predicted octanol–water partition coefficient (Wildman–Crippen LogP) is 5.39. The molecule has 0 aliphatic heterocycles. The Morgan fingerprint density at radius 1 is 0.760 bits per heavy atom. The fraction of sp³-hybridized carbons (Fsp3) is 0.0870. The molecule has 1 atom stereocenters. The van der Waals surface area contributed by atoms with Gasteiger partial charge in [0, 0.05) is 5.69 Å². The van der Waals surface area contributed by atoms with Crippen molar-refractivity contribution < 1.29 is 4.79 Å². The number of benzene rings is 3. The number of rotatable bonds is 5. The van der Waals surface area contributed by atoms with Gasteiger partial charge < -0.3 is 5.32 Å². The quantitative estimate of drug-likeness (QED) is 0.668. The third-order valence-electron chi connectivity index (χ3n) is 4.04. The molecule has 0 fully saturated rings. The zero-order valence-corrected chi connectivity index (χ0v) is 14.2. The lowest BCUT2D eigenvalue weighted by Crippen LogP contribution is -2.19. The minimum absolute atomic E-state index is 0.0180. The van der Waals surface area contributed by atoms with Crippen LogP contribution >= 0.6 is 0 Å². The van der Waals surface area contributed by atoms with Gasteiger partial charge in [-0.2, -0.15) is 0 Å². The van der Waals surface area contributed by atoms with Crippen LogP contribution in [-0.2, 0) is 4.79 Å². The summed E-state index contributed by atoms with van der Waals surface area (Å²) in [4.78, 5) is 12.6. The van der Waals surface area contributed by atoms with Crippen molar-refractivity contribution >= 4 is 17.2 Å². The maximum atomic E-state index is 12.6. The molecular formula is C23H21NO. The lowest BCUT2D eigenvalue weighted by molar-refractivity contribution is -0.118. The van der Waals surface area contributed by atoms with Gasteiger partial charge in [-0.1, -0.05) is 91.9 Å². The second-order valence-electron chi connectivity index (χ2n) is 5.96. The van der Waals surface area contributed by atoms with E-state index in [4.69, 9.17) is 0 Å². The van der Waals surface area contributed by atoms with Crippen molar-refractivity contribution in [1.82, 2.24) is 0 Å². The standard InChI is InChI=1S/C23H21NO/c1-18(23(25)24-21-15-9-4-10-16-21)17-22(19-11-5-2-6-12-19)20-13-7-3-8-14-20/h2-18H,1H3,(H,24,25). The summed E-state index contributed by atoms with van der Waals surface area (Å²) in [5, 5.41) is 2.97. The first kappa shape index (κ1) is 16.7. The van der Waals surface area contributed by atoms with Crippen LogP contribution in [0.15, 0.2) is 97.1 Å². The van der Waals surface area contributed by atoms with Gasteiger partial charge in [0.1, 0.15) is 0 Å². The number of hydrogen-bond donors (Lipinski definition) is 1. The van der Waals surface area contributed by atoms with E-state index in [2.05, 4.69) is 29.6 Å². The number of carbonyl (C=O) groups excluding carboxylic acids is 1. The fourth-order valence-corrected chi connectivity index (χ4v) is 2.70. The number of nitrogens with one attached hydrogen (secondary N) is 1. The van der Waals surface area contributed by atoms with Crippen LogP contribution in [0, 0.1) is 5.92 Å². The van der Waals surface area contributed by atoms with Gasteiger partial charge in [0.05, 0.1) is 5.92 Å². The maximum Gasteiger partial charge on any atom is 0.231 e. The Labute approximate surface area is 148 Å².